The van der Waals surface area contributed by atoms with Crippen molar-refractivity contribution in [1.82, 2.24) is 20.1 Å². The largest absolute Gasteiger partial charge is 0.491 e. The van der Waals surface area contributed by atoms with Gasteiger partial charge in [0.1, 0.15) is 12.1 Å². The predicted octanol–water partition coefficient (Wildman–Crippen LogP) is 4.77. The molecule has 2 N–H and O–H groups in total. The third-order valence-corrected chi connectivity index (χ3v) is 4.61. The number of aromatic nitrogens is 3. The van der Waals surface area contributed by atoms with Crippen LogP contribution in [0.5, 0.6) is 5.75 Å². The monoisotopic (exact) mass is 534 g/mol. The Morgan fingerprint density at radius 1 is 1.13 bits per heavy atom. The summed E-state index contributed by atoms with van der Waals surface area (Å²) >= 11 is 0. The number of halogens is 1. The molecule has 8 heteroatoms. The molecular formula is C23H31IN6O. The lowest BCUT2D eigenvalue weighted by Gasteiger charge is -2.14. The topological polar surface area (TPSA) is 76.4 Å². The van der Waals surface area contributed by atoms with Crippen molar-refractivity contribution in [2.75, 3.05) is 5.32 Å². The molecule has 31 heavy (non-hydrogen) atoms. The minimum atomic E-state index is 0. The van der Waals surface area contributed by atoms with Gasteiger partial charge in [-0.05, 0) is 63.1 Å². The molecule has 0 fully saturated rings. The molecule has 0 atom stereocenters. The van der Waals surface area contributed by atoms with Gasteiger partial charge < -0.3 is 19.9 Å². The molecule has 1 aromatic heterocycles. The molecule has 7 nitrogen and oxygen atoms in total. The van der Waals surface area contributed by atoms with Crippen molar-refractivity contribution in [2.24, 2.45) is 4.99 Å². The van der Waals surface area contributed by atoms with Gasteiger partial charge in [0.25, 0.3) is 0 Å². The van der Waals surface area contributed by atoms with Gasteiger partial charge in [-0.2, -0.15) is 0 Å². The Morgan fingerprint density at radius 2 is 1.87 bits per heavy atom. The van der Waals surface area contributed by atoms with E-state index in [-0.39, 0.29) is 30.1 Å². The van der Waals surface area contributed by atoms with Crippen LogP contribution in [-0.2, 0) is 19.6 Å². The van der Waals surface area contributed by atoms with Crippen LogP contribution in [0.25, 0.3) is 0 Å². The van der Waals surface area contributed by atoms with Crippen molar-refractivity contribution < 1.29 is 4.74 Å². The number of anilines is 1. The van der Waals surface area contributed by atoms with E-state index in [2.05, 4.69) is 46.8 Å². The van der Waals surface area contributed by atoms with E-state index < -0.39 is 0 Å². The number of nitrogens with zero attached hydrogens (tertiary/aromatic N) is 4. The summed E-state index contributed by atoms with van der Waals surface area (Å²) in [5, 5.41) is 14.9. The smallest absolute Gasteiger partial charge is 0.196 e. The zero-order valence-electron chi connectivity index (χ0n) is 18.5. The van der Waals surface area contributed by atoms with E-state index in [1.165, 1.54) is 11.1 Å². The number of guanidine groups is 1. The molecule has 0 aliphatic heterocycles. The van der Waals surface area contributed by atoms with Gasteiger partial charge in [-0.15, -0.1) is 34.2 Å². The van der Waals surface area contributed by atoms with Gasteiger partial charge in [0.15, 0.2) is 11.8 Å². The Hall–Kier alpha value is -2.62. The van der Waals surface area contributed by atoms with Crippen LogP contribution in [0.15, 0.2) is 59.9 Å². The van der Waals surface area contributed by atoms with Crippen LogP contribution >= 0.6 is 24.0 Å². The van der Waals surface area contributed by atoms with Crippen molar-refractivity contribution in [3.8, 4) is 5.75 Å². The minimum Gasteiger partial charge on any atom is -0.491 e. The van der Waals surface area contributed by atoms with Crippen molar-refractivity contribution in [3.63, 3.8) is 0 Å². The summed E-state index contributed by atoms with van der Waals surface area (Å²) in [5.74, 6) is 2.39. The Kier molecular flexibility index (Phi) is 9.77. The number of aryl methyl sites for hydroxylation is 2. The lowest BCUT2D eigenvalue weighted by Crippen LogP contribution is -2.31. The normalized spacial score (nSPS) is 11.2. The standard InChI is InChI=1S/C23H30N6O.HI/c1-5-29-16-26-28-22(29)15-25-23(24-14-19-9-7-6-8-18(19)4)27-20-10-12-21(13-11-20)30-17(2)3;/h6-13,16-17H,5,14-15H2,1-4H3,(H2,24,25,27);1H. The number of hydrogen-bond acceptors (Lipinski definition) is 4. The van der Waals surface area contributed by atoms with Gasteiger partial charge in [-0.25, -0.2) is 4.99 Å². The first kappa shape index (κ1) is 24.6. The first-order valence-electron chi connectivity index (χ1n) is 10.3. The summed E-state index contributed by atoms with van der Waals surface area (Å²) in [5.41, 5.74) is 3.34. The van der Waals surface area contributed by atoms with Crippen molar-refractivity contribution in [2.45, 2.75) is 53.4 Å². The molecule has 0 amide bonds. The Bertz CT molecular complexity index is 968. The van der Waals surface area contributed by atoms with Crippen molar-refractivity contribution >= 4 is 35.6 Å². The van der Waals surface area contributed by atoms with Gasteiger partial charge in [-0.3, -0.25) is 0 Å². The summed E-state index contributed by atoms with van der Waals surface area (Å²) in [7, 11) is 0. The lowest BCUT2D eigenvalue weighted by atomic mass is 10.1. The van der Waals surface area contributed by atoms with Gasteiger partial charge in [0.05, 0.1) is 19.2 Å². The van der Waals surface area contributed by atoms with E-state index in [0.717, 1.165) is 23.8 Å². The number of ether oxygens (including phenoxy) is 1. The summed E-state index contributed by atoms with van der Waals surface area (Å²) < 4.78 is 7.73. The highest BCUT2D eigenvalue weighted by Crippen LogP contribution is 2.17. The average Bonchev–Trinajstić information content (AvgIpc) is 3.19. The molecule has 1 heterocycles. The fourth-order valence-electron chi connectivity index (χ4n) is 2.96. The van der Waals surface area contributed by atoms with E-state index in [9.17, 15) is 0 Å². The number of nitrogens with one attached hydrogen (secondary N) is 2. The summed E-state index contributed by atoms with van der Waals surface area (Å²) in [6.45, 7) is 10.1. The van der Waals surface area contributed by atoms with Crippen molar-refractivity contribution in [3.05, 3.63) is 71.8 Å². The molecule has 0 radical (unpaired) electrons. The van der Waals surface area contributed by atoms with Crippen molar-refractivity contribution in [1.29, 1.82) is 0 Å². The first-order chi connectivity index (χ1) is 14.5. The van der Waals surface area contributed by atoms with Gasteiger partial charge in [0, 0.05) is 12.2 Å². The quantitative estimate of drug-likeness (QED) is 0.248. The Morgan fingerprint density at radius 3 is 2.55 bits per heavy atom. The number of hydrogen-bond donors (Lipinski definition) is 2. The zero-order chi connectivity index (χ0) is 21.3. The summed E-state index contributed by atoms with van der Waals surface area (Å²) in [6, 6.07) is 16.1. The van der Waals surface area contributed by atoms with Crippen LogP contribution in [0, 0.1) is 6.92 Å². The zero-order valence-corrected chi connectivity index (χ0v) is 20.8. The fraction of sp³-hybridized carbons (Fsp3) is 0.348. The fourth-order valence-corrected chi connectivity index (χ4v) is 2.96. The highest BCUT2D eigenvalue weighted by atomic mass is 127. The molecule has 0 aliphatic rings. The maximum absolute atomic E-state index is 5.72. The molecule has 3 rings (SSSR count). The van der Waals surface area contributed by atoms with Gasteiger partial charge in [0.2, 0.25) is 0 Å². The molecule has 0 unspecified atom stereocenters. The second-order valence-electron chi connectivity index (χ2n) is 7.29. The van der Waals surface area contributed by atoms with Crippen LogP contribution in [0.3, 0.4) is 0 Å². The highest BCUT2D eigenvalue weighted by molar-refractivity contribution is 14.0. The van der Waals surface area contributed by atoms with Crippen LogP contribution in [-0.4, -0.2) is 26.8 Å². The second-order valence-corrected chi connectivity index (χ2v) is 7.29. The summed E-state index contributed by atoms with van der Waals surface area (Å²) in [4.78, 5) is 4.78. The van der Waals surface area contributed by atoms with E-state index in [1.807, 2.05) is 54.8 Å². The Labute approximate surface area is 201 Å². The van der Waals surface area contributed by atoms with Crippen LogP contribution in [0.4, 0.5) is 5.69 Å². The van der Waals surface area contributed by atoms with Crippen LogP contribution < -0.4 is 15.4 Å². The average molecular weight is 534 g/mol. The highest BCUT2D eigenvalue weighted by Gasteiger charge is 2.07. The molecule has 0 saturated carbocycles. The third-order valence-electron chi connectivity index (χ3n) is 4.61. The molecule has 0 saturated heterocycles. The molecule has 166 valence electrons. The number of aliphatic imine (C=N–C) groups is 1. The first-order valence-corrected chi connectivity index (χ1v) is 10.3. The maximum Gasteiger partial charge on any atom is 0.196 e. The van der Waals surface area contributed by atoms with Gasteiger partial charge >= 0.3 is 0 Å². The van der Waals surface area contributed by atoms with E-state index >= 15 is 0 Å². The SMILES string of the molecule is CCn1cnnc1CNC(=NCc1ccccc1C)Nc1ccc(OC(C)C)cc1.I. The van der Waals surface area contributed by atoms with Crippen LogP contribution in [0.1, 0.15) is 37.7 Å². The second kappa shape index (κ2) is 12.3. The van der Waals surface area contributed by atoms with E-state index in [4.69, 9.17) is 9.73 Å². The van der Waals surface area contributed by atoms with E-state index in [1.54, 1.807) is 6.33 Å². The number of benzene rings is 2. The Balaban J connectivity index is 0.00000341. The molecule has 0 bridgehead atoms. The predicted molar refractivity (Wildman–Crippen MR) is 136 cm³/mol. The molecule has 0 aliphatic carbocycles. The van der Waals surface area contributed by atoms with Crippen LogP contribution in [0.2, 0.25) is 0 Å². The number of rotatable bonds is 8. The third kappa shape index (κ3) is 7.54. The molecule has 0 spiro atoms. The minimum absolute atomic E-state index is 0. The van der Waals surface area contributed by atoms with E-state index in [0.29, 0.717) is 19.0 Å². The maximum atomic E-state index is 5.72. The molecule has 2 aromatic carbocycles. The molecule has 3 aromatic rings. The molecular weight excluding hydrogens is 503 g/mol. The lowest BCUT2D eigenvalue weighted by molar-refractivity contribution is 0.242. The summed E-state index contributed by atoms with van der Waals surface area (Å²) in [6.07, 6.45) is 1.88. The van der Waals surface area contributed by atoms with Gasteiger partial charge in [-0.1, -0.05) is 24.3 Å².